The summed E-state index contributed by atoms with van der Waals surface area (Å²) in [5.41, 5.74) is 1.67. The molecule has 0 aromatic carbocycles. The lowest BCUT2D eigenvalue weighted by Gasteiger charge is -2.34. The second kappa shape index (κ2) is 8.24. The molecular formula is C24H29FN6O. The van der Waals surface area contributed by atoms with Crippen LogP contribution in [-0.4, -0.2) is 58.3 Å². The van der Waals surface area contributed by atoms with Crippen LogP contribution in [0.2, 0.25) is 0 Å². The van der Waals surface area contributed by atoms with Gasteiger partial charge in [-0.05, 0) is 50.3 Å². The highest BCUT2D eigenvalue weighted by Gasteiger charge is 2.48. The van der Waals surface area contributed by atoms with Gasteiger partial charge in [-0.1, -0.05) is 6.07 Å². The third kappa shape index (κ3) is 3.88. The minimum Gasteiger partial charge on any atom is -0.395 e. The van der Waals surface area contributed by atoms with Crippen LogP contribution in [0, 0.1) is 6.92 Å². The number of aliphatic hydroxyl groups is 1. The smallest absolute Gasteiger partial charge is 0.170 e. The molecule has 4 heterocycles. The number of fused-ring (bicyclic) bond motifs is 1. The zero-order chi connectivity index (χ0) is 22.3. The summed E-state index contributed by atoms with van der Waals surface area (Å²) >= 11 is 0. The highest BCUT2D eigenvalue weighted by Crippen LogP contribution is 2.49. The quantitative estimate of drug-likeness (QED) is 0.634. The van der Waals surface area contributed by atoms with Crippen molar-refractivity contribution in [2.45, 2.75) is 44.2 Å². The number of halogens is 1. The Bertz CT molecular complexity index is 1130. The van der Waals surface area contributed by atoms with E-state index in [1.165, 1.54) is 11.3 Å². The topological polar surface area (TPSA) is 78.3 Å². The number of aromatic nitrogens is 4. The van der Waals surface area contributed by atoms with Crippen molar-refractivity contribution in [1.82, 2.24) is 19.9 Å². The van der Waals surface area contributed by atoms with Gasteiger partial charge in [0.1, 0.15) is 11.6 Å². The molecule has 2 aliphatic rings. The first-order valence-corrected chi connectivity index (χ1v) is 11.3. The lowest BCUT2D eigenvalue weighted by Crippen LogP contribution is -2.34. The molecule has 2 fully saturated rings. The number of aliphatic hydroxyl groups excluding tert-OH is 1. The molecule has 8 heteroatoms. The fraction of sp³-hybridized carbons (Fsp3) is 0.500. The Kier molecular flexibility index (Phi) is 5.41. The van der Waals surface area contributed by atoms with Gasteiger partial charge in [0.25, 0.3) is 0 Å². The van der Waals surface area contributed by atoms with E-state index >= 15 is 0 Å². The van der Waals surface area contributed by atoms with Crippen LogP contribution in [0.4, 0.5) is 16.0 Å². The molecule has 0 radical (unpaired) electrons. The monoisotopic (exact) mass is 436 g/mol. The molecule has 1 N–H and O–H groups in total. The van der Waals surface area contributed by atoms with Crippen LogP contribution >= 0.6 is 0 Å². The number of likely N-dealkylation sites (N-methyl/N-ethyl adjacent to an activating group) is 1. The van der Waals surface area contributed by atoms with Crippen molar-refractivity contribution in [1.29, 1.82) is 0 Å². The Hall–Kier alpha value is -2.87. The molecule has 0 amide bonds. The second-order valence-electron chi connectivity index (χ2n) is 9.01. The van der Waals surface area contributed by atoms with Crippen molar-refractivity contribution >= 4 is 22.5 Å². The maximum atomic E-state index is 14.9. The van der Waals surface area contributed by atoms with Crippen LogP contribution in [0.3, 0.4) is 0 Å². The number of pyridine rings is 2. The van der Waals surface area contributed by atoms with Crippen molar-refractivity contribution in [3.05, 3.63) is 47.7 Å². The van der Waals surface area contributed by atoms with E-state index in [4.69, 9.17) is 4.98 Å². The number of alkyl halides is 1. The minimum absolute atomic E-state index is 0.0450. The summed E-state index contributed by atoms with van der Waals surface area (Å²) in [6.45, 7) is 4.30. The maximum Gasteiger partial charge on any atom is 0.170 e. The summed E-state index contributed by atoms with van der Waals surface area (Å²) in [5.74, 6) is 2.22. The normalized spacial score (nSPS) is 18.2. The Balaban J connectivity index is 1.49. The summed E-state index contributed by atoms with van der Waals surface area (Å²) in [6.07, 6.45) is 6.46. The number of aryl methyl sites for hydroxylation is 1. The third-order valence-corrected chi connectivity index (χ3v) is 6.69. The molecule has 0 bridgehead atoms. The Morgan fingerprint density at radius 1 is 1.22 bits per heavy atom. The van der Waals surface area contributed by atoms with Crippen LogP contribution in [-0.2, 0) is 5.67 Å². The van der Waals surface area contributed by atoms with Gasteiger partial charge in [-0.15, -0.1) is 0 Å². The molecule has 1 aliphatic heterocycles. The Morgan fingerprint density at radius 2 is 2.00 bits per heavy atom. The van der Waals surface area contributed by atoms with Gasteiger partial charge in [-0.3, -0.25) is 4.98 Å². The zero-order valence-corrected chi connectivity index (χ0v) is 18.6. The molecule has 1 saturated carbocycles. The first-order chi connectivity index (χ1) is 15.5. The lowest BCUT2D eigenvalue weighted by molar-refractivity contribution is 0.301. The van der Waals surface area contributed by atoms with Crippen LogP contribution in [0.15, 0.2) is 30.6 Å². The molecule has 168 valence electrons. The predicted octanol–water partition coefficient (Wildman–Crippen LogP) is 3.50. The van der Waals surface area contributed by atoms with Gasteiger partial charge in [-0.25, -0.2) is 19.3 Å². The van der Waals surface area contributed by atoms with Gasteiger partial charge in [0.05, 0.1) is 18.3 Å². The fourth-order valence-corrected chi connectivity index (χ4v) is 4.54. The van der Waals surface area contributed by atoms with Gasteiger partial charge >= 0.3 is 0 Å². The van der Waals surface area contributed by atoms with E-state index in [1.807, 2.05) is 30.3 Å². The highest BCUT2D eigenvalue weighted by atomic mass is 19.1. The maximum absolute atomic E-state index is 14.9. The first kappa shape index (κ1) is 21.0. The zero-order valence-electron chi connectivity index (χ0n) is 18.6. The molecule has 0 spiro atoms. The van der Waals surface area contributed by atoms with Crippen molar-refractivity contribution in [3.63, 3.8) is 0 Å². The van der Waals surface area contributed by atoms with Gasteiger partial charge < -0.3 is 14.9 Å². The van der Waals surface area contributed by atoms with Crippen molar-refractivity contribution in [2.75, 3.05) is 43.1 Å². The van der Waals surface area contributed by atoms with Crippen LogP contribution < -0.4 is 9.80 Å². The molecule has 1 saturated heterocycles. The summed E-state index contributed by atoms with van der Waals surface area (Å²) in [6, 6.07) is 6.05. The number of hydrogen-bond acceptors (Lipinski definition) is 7. The van der Waals surface area contributed by atoms with Gasteiger partial charge in [0.15, 0.2) is 11.5 Å². The number of rotatable bonds is 6. The molecule has 1 aliphatic carbocycles. The van der Waals surface area contributed by atoms with E-state index in [0.717, 1.165) is 43.0 Å². The SMILES string of the molecule is Cc1cccnc1C1CCN(c2nc(C3(F)CC3)nc3cnc(N(C)CCO)cc23)CC1. The molecule has 3 aromatic heterocycles. The highest BCUT2D eigenvalue weighted by molar-refractivity contribution is 5.91. The molecule has 7 nitrogen and oxygen atoms in total. The minimum atomic E-state index is -1.40. The molecule has 32 heavy (non-hydrogen) atoms. The molecule has 5 rings (SSSR count). The Labute approximate surface area is 187 Å². The largest absolute Gasteiger partial charge is 0.395 e. The molecule has 3 aromatic rings. The predicted molar refractivity (Wildman–Crippen MR) is 123 cm³/mol. The van der Waals surface area contributed by atoms with Gasteiger partial charge in [0.2, 0.25) is 0 Å². The van der Waals surface area contributed by atoms with Crippen LogP contribution in [0.25, 0.3) is 10.9 Å². The van der Waals surface area contributed by atoms with Crippen LogP contribution in [0.1, 0.15) is 48.7 Å². The lowest BCUT2D eigenvalue weighted by atomic mass is 9.90. The van der Waals surface area contributed by atoms with Crippen LogP contribution in [0.5, 0.6) is 0 Å². The fourth-order valence-electron chi connectivity index (χ4n) is 4.54. The van der Waals surface area contributed by atoms with Crippen molar-refractivity contribution in [3.8, 4) is 0 Å². The molecule has 0 unspecified atom stereocenters. The summed E-state index contributed by atoms with van der Waals surface area (Å²) in [5, 5.41) is 10.2. The molecule has 0 atom stereocenters. The number of hydrogen-bond donors (Lipinski definition) is 1. The van der Waals surface area contributed by atoms with E-state index in [0.29, 0.717) is 30.8 Å². The first-order valence-electron chi connectivity index (χ1n) is 11.3. The van der Waals surface area contributed by atoms with Gasteiger partial charge in [-0.2, -0.15) is 0 Å². The number of piperidine rings is 1. The van der Waals surface area contributed by atoms with E-state index in [1.54, 1.807) is 6.20 Å². The summed E-state index contributed by atoms with van der Waals surface area (Å²) < 4.78 is 14.9. The summed E-state index contributed by atoms with van der Waals surface area (Å²) in [7, 11) is 1.89. The summed E-state index contributed by atoms with van der Waals surface area (Å²) in [4.78, 5) is 22.5. The van der Waals surface area contributed by atoms with E-state index in [2.05, 4.69) is 32.8 Å². The van der Waals surface area contributed by atoms with Crippen molar-refractivity contribution in [2.24, 2.45) is 0 Å². The standard InChI is InChI=1S/C24H29FN6O/c1-16-4-3-9-26-21(16)17-5-10-31(11-6-17)22-18-14-20(30(2)12-13-32)27-15-19(18)28-23(29-22)24(25)7-8-24/h3-4,9,14-15,17,32H,5-8,10-13H2,1-2H3. The Morgan fingerprint density at radius 3 is 2.69 bits per heavy atom. The number of nitrogens with zero attached hydrogens (tertiary/aromatic N) is 6. The number of anilines is 2. The van der Waals surface area contributed by atoms with E-state index in [9.17, 15) is 9.50 Å². The average molecular weight is 437 g/mol. The van der Waals surface area contributed by atoms with E-state index in [-0.39, 0.29) is 12.4 Å². The van der Waals surface area contributed by atoms with Gasteiger partial charge in [0, 0.05) is 49.9 Å². The van der Waals surface area contributed by atoms with Crippen molar-refractivity contribution < 1.29 is 9.50 Å². The van der Waals surface area contributed by atoms with E-state index < -0.39 is 5.67 Å². The third-order valence-electron chi connectivity index (χ3n) is 6.69. The molecular weight excluding hydrogens is 407 g/mol. The average Bonchev–Trinajstić information content (AvgIpc) is 3.57. The second-order valence-corrected chi connectivity index (χ2v) is 9.01.